The number of cyclic esters (lactones) is 1. The van der Waals surface area contributed by atoms with Crippen LogP contribution in [-0.2, 0) is 42.9 Å². The Labute approximate surface area is 293 Å². The molecule has 2 heterocycles. The molecule has 6 aliphatic rings. The number of allylic oxidation sites excluding steroid dienone is 1. The van der Waals surface area contributed by atoms with Crippen LogP contribution in [-0.4, -0.2) is 82.2 Å². The highest BCUT2D eigenvalue weighted by atomic mass is 16.7. The van der Waals surface area contributed by atoms with E-state index in [1.54, 1.807) is 33.8 Å². The molecule has 2 N–H and O–H groups in total. The molecule has 2 saturated carbocycles. The van der Waals surface area contributed by atoms with E-state index in [9.17, 15) is 29.1 Å². The molecule has 12 atom stereocenters. The quantitative estimate of drug-likeness (QED) is 0.175. The number of ketones is 1. The fourth-order valence-corrected chi connectivity index (χ4v) is 10.0. The van der Waals surface area contributed by atoms with Gasteiger partial charge in [0, 0.05) is 30.3 Å². The molecule has 50 heavy (non-hydrogen) atoms. The minimum atomic E-state index is -1.61. The van der Waals surface area contributed by atoms with Crippen LogP contribution in [0.15, 0.2) is 34.9 Å². The third kappa shape index (κ3) is 5.18. The number of hydrogen-bond acceptors (Lipinski definition) is 11. The van der Waals surface area contributed by atoms with Crippen LogP contribution >= 0.6 is 0 Å². The lowest BCUT2D eigenvalue weighted by molar-refractivity contribution is -0.225. The van der Waals surface area contributed by atoms with Crippen LogP contribution in [0, 0.1) is 28.6 Å². The Morgan fingerprint density at radius 3 is 2.36 bits per heavy atom. The lowest BCUT2D eigenvalue weighted by atomic mass is 9.42. The Balaban J connectivity index is 1.29. The number of carbonyl (C=O) groups is 5. The van der Waals surface area contributed by atoms with Crippen molar-refractivity contribution in [2.45, 2.75) is 142 Å². The minimum absolute atomic E-state index is 0.190. The third-order valence-electron chi connectivity index (χ3n) is 12.8. The molecule has 2 aliphatic heterocycles. The van der Waals surface area contributed by atoms with Gasteiger partial charge in [0.2, 0.25) is 0 Å². The van der Waals surface area contributed by atoms with Gasteiger partial charge in [0.15, 0.2) is 11.9 Å². The maximum absolute atomic E-state index is 14.1. The molecule has 0 radical (unpaired) electrons. The number of epoxide rings is 1. The summed E-state index contributed by atoms with van der Waals surface area (Å²) in [5.41, 5.74) is -3.18. The number of ether oxygens (including phenoxy) is 5. The second-order valence-electron chi connectivity index (χ2n) is 16.7. The van der Waals surface area contributed by atoms with Gasteiger partial charge in [0.25, 0.3) is 0 Å². The lowest BCUT2D eigenvalue weighted by Gasteiger charge is -2.61. The number of alkyl carbamates (subject to hydrolysis) is 1. The first-order chi connectivity index (χ1) is 23.1. The number of aliphatic hydroxyl groups is 1. The fraction of sp³-hybridized carbons (Fsp3) is 0.711. The van der Waals surface area contributed by atoms with Gasteiger partial charge in [-0.15, -0.1) is 0 Å². The molecule has 0 bridgehead atoms. The summed E-state index contributed by atoms with van der Waals surface area (Å²) in [7, 11) is 0. The van der Waals surface area contributed by atoms with Crippen LogP contribution in [0.5, 0.6) is 0 Å². The second-order valence-corrected chi connectivity index (χ2v) is 16.7. The zero-order valence-corrected chi connectivity index (χ0v) is 30.7. The zero-order valence-electron chi connectivity index (χ0n) is 30.7. The van der Waals surface area contributed by atoms with E-state index in [0.717, 1.165) is 11.1 Å². The van der Waals surface area contributed by atoms with Crippen molar-refractivity contribution in [3.05, 3.63) is 34.9 Å². The SMILES string of the molecule is CC(=O)OC1C=C(C(C)C2CC(C)=C(C)C(=O)O2)C2(C)CCC3C(CC4OC45C(OC(=O)C(C)NC(=O)OC(C)(C)C)C=CC(=O)C35C)C12O. The smallest absolute Gasteiger partial charge is 0.408 e. The summed E-state index contributed by atoms with van der Waals surface area (Å²) in [6, 6.07) is -1.04. The summed E-state index contributed by atoms with van der Waals surface area (Å²) in [6.07, 6.45) is 3.00. The number of hydrogen-bond donors (Lipinski definition) is 2. The second kappa shape index (κ2) is 11.8. The average molecular weight is 698 g/mol. The largest absolute Gasteiger partial charge is 0.458 e. The van der Waals surface area contributed by atoms with Crippen LogP contribution < -0.4 is 5.32 Å². The average Bonchev–Trinajstić information content (AvgIpc) is 3.70. The molecule has 12 heteroatoms. The Morgan fingerprint density at radius 2 is 1.74 bits per heavy atom. The van der Waals surface area contributed by atoms with Crippen molar-refractivity contribution in [2.24, 2.45) is 28.6 Å². The van der Waals surface area contributed by atoms with E-state index < -0.39 is 88.0 Å². The molecular formula is C38H51NO11. The van der Waals surface area contributed by atoms with E-state index >= 15 is 0 Å². The Bertz CT molecular complexity index is 1620. The van der Waals surface area contributed by atoms with Crippen molar-refractivity contribution in [3.63, 3.8) is 0 Å². The molecule has 0 aromatic carbocycles. The predicted molar refractivity (Wildman–Crippen MR) is 178 cm³/mol. The molecule has 1 saturated heterocycles. The van der Waals surface area contributed by atoms with E-state index in [1.165, 1.54) is 19.9 Å². The summed E-state index contributed by atoms with van der Waals surface area (Å²) in [5, 5.41) is 15.7. The highest BCUT2D eigenvalue weighted by Gasteiger charge is 2.83. The maximum Gasteiger partial charge on any atom is 0.408 e. The van der Waals surface area contributed by atoms with Gasteiger partial charge in [-0.05, 0) is 97.8 Å². The summed E-state index contributed by atoms with van der Waals surface area (Å²) in [4.78, 5) is 64.9. The number of fused-ring (bicyclic) bond motifs is 4. The number of rotatable bonds is 6. The van der Waals surface area contributed by atoms with Crippen LogP contribution in [0.4, 0.5) is 4.79 Å². The van der Waals surface area contributed by atoms with Gasteiger partial charge in [-0.3, -0.25) is 9.59 Å². The van der Waals surface area contributed by atoms with Crippen molar-refractivity contribution in [1.29, 1.82) is 0 Å². The van der Waals surface area contributed by atoms with Crippen LogP contribution in [0.2, 0.25) is 0 Å². The Morgan fingerprint density at radius 1 is 1.06 bits per heavy atom. The third-order valence-corrected chi connectivity index (χ3v) is 12.8. The highest BCUT2D eigenvalue weighted by Crippen LogP contribution is 2.74. The number of amides is 1. The van der Waals surface area contributed by atoms with E-state index in [2.05, 4.69) is 5.32 Å². The van der Waals surface area contributed by atoms with Crippen molar-refractivity contribution >= 4 is 29.8 Å². The normalized spacial score (nSPS) is 41.3. The molecule has 1 amide bonds. The lowest BCUT2D eigenvalue weighted by Crippen LogP contribution is -2.70. The molecule has 4 aliphatic carbocycles. The van der Waals surface area contributed by atoms with E-state index in [1.807, 2.05) is 33.8 Å². The predicted octanol–water partition coefficient (Wildman–Crippen LogP) is 4.42. The topological polar surface area (TPSA) is 167 Å². The number of carbonyl (C=O) groups excluding carboxylic acids is 5. The van der Waals surface area contributed by atoms with Crippen molar-refractivity contribution in [1.82, 2.24) is 5.32 Å². The van der Waals surface area contributed by atoms with Gasteiger partial charge < -0.3 is 34.1 Å². The van der Waals surface area contributed by atoms with E-state index in [-0.39, 0.29) is 17.7 Å². The van der Waals surface area contributed by atoms with Gasteiger partial charge >= 0.3 is 24.0 Å². The molecule has 6 rings (SSSR count). The summed E-state index contributed by atoms with van der Waals surface area (Å²) < 4.78 is 29.5. The molecule has 12 unspecified atom stereocenters. The molecule has 3 fully saturated rings. The van der Waals surface area contributed by atoms with Crippen molar-refractivity contribution in [2.75, 3.05) is 0 Å². The van der Waals surface area contributed by atoms with E-state index in [4.69, 9.17) is 23.7 Å². The first kappa shape index (κ1) is 36.3. The Kier molecular flexibility index (Phi) is 8.54. The monoisotopic (exact) mass is 697 g/mol. The maximum atomic E-state index is 14.1. The molecule has 1 spiro atoms. The highest BCUT2D eigenvalue weighted by molar-refractivity contribution is 5.98. The molecule has 0 aromatic heterocycles. The first-order valence-corrected chi connectivity index (χ1v) is 17.7. The number of nitrogens with one attached hydrogen (secondary N) is 1. The minimum Gasteiger partial charge on any atom is -0.458 e. The van der Waals surface area contributed by atoms with Crippen molar-refractivity contribution in [3.8, 4) is 0 Å². The van der Waals surface area contributed by atoms with Crippen LogP contribution in [0.1, 0.15) is 94.9 Å². The molecule has 12 nitrogen and oxygen atoms in total. The zero-order chi connectivity index (χ0) is 36.9. The molecule has 274 valence electrons. The van der Waals surface area contributed by atoms with Crippen LogP contribution in [0.25, 0.3) is 0 Å². The summed E-state index contributed by atoms with van der Waals surface area (Å²) in [6.45, 7) is 17.4. The molecule has 0 aromatic rings. The van der Waals surface area contributed by atoms with Gasteiger partial charge in [0.1, 0.15) is 35.1 Å². The van der Waals surface area contributed by atoms with Gasteiger partial charge in [-0.1, -0.05) is 25.0 Å². The van der Waals surface area contributed by atoms with E-state index in [0.29, 0.717) is 31.3 Å². The van der Waals surface area contributed by atoms with Gasteiger partial charge in [0.05, 0.1) is 11.5 Å². The Hall–Kier alpha value is -3.51. The first-order valence-electron chi connectivity index (χ1n) is 17.7. The van der Waals surface area contributed by atoms with Gasteiger partial charge in [-0.25, -0.2) is 14.4 Å². The number of esters is 3. The molecular weight excluding hydrogens is 646 g/mol. The summed E-state index contributed by atoms with van der Waals surface area (Å²) in [5.74, 6) is -3.05. The standard InChI is InChI=1S/C38H51NO11/c1-18-15-26(47-31(42)19(18)2)20(3)24-16-29(46-22(5)40)37(45)25-17-30-38(49-30)28(48-32(43)21(4)39-33(44)50-34(6,7)8)12-11-27(41)36(38,10)23(25)13-14-35(24,37)9/h11-12,16,20-21,23,25-26,28-30,45H,13-15,17H2,1-10H3,(H,39,44). The fourth-order valence-electron chi connectivity index (χ4n) is 10.0. The van der Waals surface area contributed by atoms with Gasteiger partial charge in [-0.2, -0.15) is 0 Å². The van der Waals surface area contributed by atoms with Crippen molar-refractivity contribution < 1.29 is 52.8 Å². The summed E-state index contributed by atoms with van der Waals surface area (Å²) >= 11 is 0. The van der Waals surface area contributed by atoms with Crippen LogP contribution in [0.3, 0.4) is 0 Å².